The third-order valence-electron chi connectivity index (χ3n) is 4.03. The number of hydrogen-bond acceptors (Lipinski definition) is 4. The summed E-state index contributed by atoms with van der Waals surface area (Å²) in [7, 11) is 1.55. The van der Waals surface area contributed by atoms with Crippen molar-refractivity contribution in [2.75, 3.05) is 19.0 Å². The average Bonchev–Trinajstić information content (AvgIpc) is 2.97. The van der Waals surface area contributed by atoms with E-state index in [2.05, 4.69) is 10.3 Å². The summed E-state index contributed by atoms with van der Waals surface area (Å²) in [4.78, 5) is 30.5. The van der Waals surface area contributed by atoms with Crippen LogP contribution in [0.25, 0.3) is 0 Å². The molecule has 2 aromatic rings. The molecule has 0 unspecified atom stereocenters. The smallest absolute Gasteiger partial charge is 0.229 e. The van der Waals surface area contributed by atoms with E-state index in [1.165, 1.54) is 0 Å². The number of likely N-dealkylation sites (tertiary alicyclic amines) is 1. The SMILES string of the molecule is COc1ccccc1NC(=O)[C@H]1CC(=O)N(Cc2ccccn2)C1. The lowest BCUT2D eigenvalue weighted by Crippen LogP contribution is -2.28. The number of anilines is 1. The molecule has 1 aromatic heterocycles. The van der Waals surface area contributed by atoms with Crippen LogP contribution in [0.4, 0.5) is 5.69 Å². The number of para-hydroxylation sites is 2. The van der Waals surface area contributed by atoms with E-state index in [1.54, 1.807) is 30.3 Å². The lowest BCUT2D eigenvalue weighted by molar-refractivity contribution is -0.128. The largest absolute Gasteiger partial charge is 0.495 e. The molecule has 0 bridgehead atoms. The van der Waals surface area contributed by atoms with Crippen LogP contribution in [0, 0.1) is 5.92 Å². The summed E-state index contributed by atoms with van der Waals surface area (Å²) in [5.74, 6) is 0.0313. The molecular weight excluding hydrogens is 306 g/mol. The zero-order valence-electron chi connectivity index (χ0n) is 13.4. The van der Waals surface area contributed by atoms with Crippen LogP contribution >= 0.6 is 0 Å². The van der Waals surface area contributed by atoms with Crippen molar-refractivity contribution in [2.24, 2.45) is 5.92 Å². The second kappa shape index (κ2) is 7.12. The van der Waals surface area contributed by atoms with E-state index in [1.807, 2.05) is 30.3 Å². The summed E-state index contributed by atoms with van der Waals surface area (Å²) in [6.45, 7) is 0.828. The number of carbonyl (C=O) groups excluding carboxylic acids is 2. The molecule has 1 atom stereocenters. The molecule has 1 aliphatic rings. The molecule has 6 nitrogen and oxygen atoms in total. The first-order chi connectivity index (χ1) is 11.7. The van der Waals surface area contributed by atoms with Crippen LogP contribution in [0.3, 0.4) is 0 Å². The van der Waals surface area contributed by atoms with Gasteiger partial charge in [-0.15, -0.1) is 0 Å². The lowest BCUT2D eigenvalue weighted by Gasteiger charge is -2.16. The van der Waals surface area contributed by atoms with E-state index >= 15 is 0 Å². The maximum Gasteiger partial charge on any atom is 0.229 e. The van der Waals surface area contributed by atoms with Gasteiger partial charge in [0.2, 0.25) is 11.8 Å². The van der Waals surface area contributed by atoms with Crippen molar-refractivity contribution in [1.82, 2.24) is 9.88 Å². The lowest BCUT2D eigenvalue weighted by atomic mass is 10.1. The molecule has 1 aliphatic heterocycles. The second-order valence-electron chi connectivity index (χ2n) is 5.69. The third kappa shape index (κ3) is 3.53. The highest BCUT2D eigenvalue weighted by atomic mass is 16.5. The van der Waals surface area contributed by atoms with Crippen LogP contribution in [-0.2, 0) is 16.1 Å². The highest BCUT2D eigenvalue weighted by molar-refractivity contribution is 5.98. The zero-order valence-corrected chi connectivity index (χ0v) is 13.4. The maximum absolute atomic E-state index is 12.5. The van der Waals surface area contributed by atoms with E-state index in [4.69, 9.17) is 4.74 Å². The van der Waals surface area contributed by atoms with Gasteiger partial charge < -0.3 is 15.0 Å². The van der Waals surface area contributed by atoms with Crippen LogP contribution in [0.1, 0.15) is 12.1 Å². The van der Waals surface area contributed by atoms with Gasteiger partial charge in [0.25, 0.3) is 0 Å². The molecule has 124 valence electrons. The Bertz CT molecular complexity index is 733. The summed E-state index contributed by atoms with van der Waals surface area (Å²) in [5.41, 5.74) is 1.43. The third-order valence-corrected chi connectivity index (χ3v) is 4.03. The van der Waals surface area contributed by atoms with E-state index in [9.17, 15) is 9.59 Å². The first-order valence-corrected chi connectivity index (χ1v) is 7.79. The summed E-state index contributed by atoms with van der Waals surface area (Å²) in [5, 5.41) is 2.85. The minimum absolute atomic E-state index is 0.0270. The topological polar surface area (TPSA) is 71.5 Å². The quantitative estimate of drug-likeness (QED) is 0.913. The van der Waals surface area contributed by atoms with Crippen molar-refractivity contribution in [3.05, 3.63) is 54.4 Å². The standard InChI is InChI=1S/C18H19N3O3/c1-24-16-8-3-2-7-15(16)20-18(23)13-10-17(22)21(11-13)12-14-6-4-5-9-19-14/h2-9,13H,10-12H2,1H3,(H,20,23)/t13-/m0/s1. The van der Waals surface area contributed by atoms with Gasteiger partial charge in [-0.1, -0.05) is 18.2 Å². The molecular formula is C18H19N3O3. The van der Waals surface area contributed by atoms with Crippen molar-refractivity contribution in [2.45, 2.75) is 13.0 Å². The first kappa shape index (κ1) is 16.0. The Balaban J connectivity index is 1.63. The van der Waals surface area contributed by atoms with Crippen LogP contribution < -0.4 is 10.1 Å². The minimum Gasteiger partial charge on any atom is -0.495 e. The molecule has 24 heavy (non-hydrogen) atoms. The number of amides is 2. The number of benzene rings is 1. The Morgan fingerprint density at radius 2 is 2.08 bits per heavy atom. The van der Waals surface area contributed by atoms with E-state index < -0.39 is 0 Å². The fourth-order valence-corrected chi connectivity index (χ4v) is 2.77. The van der Waals surface area contributed by atoms with Gasteiger partial charge in [-0.2, -0.15) is 0 Å². The predicted molar refractivity (Wildman–Crippen MR) is 89.4 cm³/mol. The molecule has 3 rings (SSSR count). The normalized spacial score (nSPS) is 17.0. The number of rotatable bonds is 5. The van der Waals surface area contributed by atoms with Crippen molar-refractivity contribution < 1.29 is 14.3 Å². The van der Waals surface area contributed by atoms with Gasteiger partial charge in [0.1, 0.15) is 5.75 Å². The van der Waals surface area contributed by atoms with Crippen LogP contribution in [0.15, 0.2) is 48.7 Å². The van der Waals surface area contributed by atoms with Gasteiger partial charge in [-0.3, -0.25) is 14.6 Å². The first-order valence-electron chi connectivity index (χ1n) is 7.79. The van der Waals surface area contributed by atoms with Crippen LogP contribution in [0.5, 0.6) is 5.75 Å². The highest BCUT2D eigenvalue weighted by Gasteiger charge is 2.34. The maximum atomic E-state index is 12.5. The van der Waals surface area contributed by atoms with Crippen molar-refractivity contribution in [1.29, 1.82) is 0 Å². The minimum atomic E-state index is -0.369. The number of carbonyl (C=O) groups is 2. The van der Waals surface area contributed by atoms with Gasteiger partial charge in [0.15, 0.2) is 0 Å². The average molecular weight is 325 g/mol. The number of hydrogen-bond donors (Lipinski definition) is 1. The monoisotopic (exact) mass is 325 g/mol. The Morgan fingerprint density at radius 3 is 2.83 bits per heavy atom. The molecule has 6 heteroatoms. The number of nitrogens with one attached hydrogen (secondary N) is 1. The predicted octanol–water partition coefficient (Wildman–Crippen LogP) is 2.08. The zero-order chi connectivity index (χ0) is 16.9. The van der Waals surface area contributed by atoms with Crippen molar-refractivity contribution >= 4 is 17.5 Å². The van der Waals surface area contributed by atoms with Gasteiger partial charge >= 0.3 is 0 Å². The molecule has 0 aliphatic carbocycles. The Morgan fingerprint density at radius 1 is 1.29 bits per heavy atom. The number of ether oxygens (including phenoxy) is 1. The van der Waals surface area contributed by atoms with E-state index in [0.717, 1.165) is 5.69 Å². The van der Waals surface area contributed by atoms with Gasteiger partial charge in [-0.25, -0.2) is 0 Å². The Kier molecular flexibility index (Phi) is 4.74. The number of pyridine rings is 1. The summed E-state index contributed by atoms with van der Waals surface area (Å²) < 4.78 is 5.23. The van der Waals surface area contributed by atoms with Crippen LogP contribution in [-0.4, -0.2) is 35.4 Å². The molecule has 0 radical (unpaired) electrons. The molecule has 1 aromatic carbocycles. The molecule has 2 amide bonds. The van der Waals surface area contributed by atoms with Gasteiger partial charge in [0.05, 0.1) is 31.0 Å². The molecule has 1 saturated heterocycles. The molecule has 0 spiro atoms. The Labute approximate surface area is 140 Å². The fourth-order valence-electron chi connectivity index (χ4n) is 2.77. The van der Waals surface area contributed by atoms with Crippen molar-refractivity contribution in [3.63, 3.8) is 0 Å². The summed E-state index contributed by atoms with van der Waals surface area (Å²) in [6, 6.07) is 12.8. The molecule has 2 heterocycles. The van der Waals surface area contributed by atoms with Crippen LogP contribution in [0.2, 0.25) is 0 Å². The van der Waals surface area contributed by atoms with Crippen molar-refractivity contribution in [3.8, 4) is 5.75 Å². The molecule has 0 saturated carbocycles. The molecule has 1 fully saturated rings. The number of nitrogens with zero attached hydrogens (tertiary/aromatic N) is 2. The Hall–Kier alpha value is -2.89. The fraction of sp³-hybridized carbons (Fsp3) is 0.278. The summed E-state index contributed by atoms with van der Waals surface area (Å²) >= 11 is 0. The molecule has 1 N–H and O–H groups in total. The number of methoxy groups -OCH3 is 1. The highest BCUT2D eigenvalue weighted by Crippen LogP contribution is 2.26. The van der Waals surface area contributed by atoms with Gasteiger partial charge in [-0.05, 0) is 24.3 Å². The number of aromatic nitrogens is 1. The second-order valence-corrected chi connectivity index (χ2v) is 5.69. The summed E-state index contributed by atoms with van der Waals surface area (Å²) in [6.07, 6.45) is 1.91. The van der Waals surface area contributed by atoms with Gasteiger partial charge in [0, 0.05) is 19.2 Å². The van der Waals surface area contributed by atoms with E-state index in [0.29, 0.717) is 24.5 Å². The van der Waals surface area contributed by atoms with E-state index in [-0.39, 0.29) is 24.2 Å².